The van der Waals surface area contributed by atoms with E-state index in [2.05, 4.69) is 32.7 Å². The van der Waals surface area contributed by atoms with Gasteiger partial charge >= 0.3 is 0 Å². The lowest BCUT2D eigenvalue weighted by Crippen LogP contribution is -2.54. The van der Waals surface area contributed by atoms with Crippen LogP contribution in [0.5, 0.6) is 0 Å². The number of ether oxygens (including phenoxy) is 1. The summed E-state index contributed by atoms with van der Waals surface area (Å²) < 4.78 is 5.90. The van der Waals surface area contributed by atoms with Crippen LogP contribution >= 0.6 is 0 Å². The summed E-state index contributed by atoms with van der Waals surface area (Å²) in [7, 11) is 2.19. The first-order valence-corrected chi connectivity index (χ1v) is 5.22. The molecule has 2 saturated heterocycles. The van der Waals surface area contributed by atoms with Crippen molar-refractivity contribution in [2.24, 2.45) is 10.8 Å². The van der Waals surface area contributed by atoms with E-state index in [9.17, 15) is 0 Å². The molecule has 0 aromatic rings. The molecular weight excluding hydrogens is 162 g/mol. The zero-order valence-electron chi connectivity index (χ0n) is 9.26. The van der Waals surface area contributed by atoms with Crippen LogP contribution in [0.4, 0.5) is 0 Å². The summed E-state index contributed by atoms with van der Waals surface area (Å²) in [6.45, 7) is 10.3. The molecule has 76 valence electrons. The van der Waals surface area contributed by atoms with E-state index in [0.29, 0.717) is 16.9 Å². The topological polar surface area (TPSA) is 12.5 Å². The Hall–Kier alpha value is -0.0800. The predicted octanol–water partition coefficient (Wildman–Crippen LogP) is 1.75. The monoisotopic (exact) mass is 183 g/mol. The predicted molar refractivity (Wildman–Crippen MR) is 53.7 cm³/mol. The van der Waals surface area contributed by atoms with Crippen LogP contribution in [0.3, 0.4) is 0 Å². The first-order valence-electron chi connectivity index (χ1n) is 5.22. The van der Waals surface area contributed by atoms with Crippen molar-refractivity contribution < 1.29 is 4.74 Å². The summed E-state index contributed by atoms with van der Waals surface area (Å²) in [6.07, 6.45) is 1.74. The minimum Gasteiger partial charge on any atom is -0.377 e. The summed E-state index contributed by atoms with van der Waals surface area (Å²) in [5, 5.41) is 0. The van der Waals surface area contributed by atoms with Crippen LogP contribution in [-0.4, -0.2) is 37.7 Å². The zero-order chi connectivity index (χ0) is 9.69. The van der Waals surface area contributed by atoms with E-state index in [0.717, 1.165) is 6.61 Å². The zero-order valence-corrected chi connectivity index (χ0v) is 9.26. The molecule has 2 heterocycles. The maximum Gasteiger partial charge on any atom is 0.0630 e. The van der Waals surface area contributed by atoms with E-state index in [1.165, 1.54) is 19.5 Å². The molecule has 2 heteroatoms. The molecule has 2 rings (SSSR count). The quantitative estimate of drug-likeness (QED) is 0.567. The van der Waals surface area contributed by atoms with Crippen LogP contribution in [0.2, 0.25) is 0 Å². The van der Waals surface area contributed by atoms with Crippen LogP contribution in [-0.2, 0) is 4.74 Å². The van der Waals surface area contributed by atoms with Gasteiger partial charge in [0.05, 0.1) is 12.7 Å². The second kappa shape index (κ2) is 2.71. The highest BCUT2D eigenvalue weighted by Gasteiger charge is 2.50. The van der Waals surface area contributed by atoms with Gasteiger partial charge in [-0.05, 0) is 18.9 Å². The Morgan fingerprint density at radius 1 is 1.31 bits per heavy atom. The van der Waals surface area contributed by atoms with E-state index < -0.39 is 0 Å². The van der Waals surface area contributed by atoms with E-state index in [4.69, 9.17) is 4.74 Å². The van der Waals surface area contributed by atoms with E-state index >= 15 is 0 Å². The number of nitrogens with zero attached hydrogens (tertiary/aromatic N) is 1. The van der Waals surface area contributed by atoms with Crippen molar-refractivity contribution in [3.63, 3.8) is 0 Å². The number of hydrogen-bond donors (Lipinski definition) is 0. The van der Waals surface area contributed by atoms with E-state index in [-0.39, 0.29) is 0 Å². The molecule has 1 atom stereocenters. The van der Waals surface area contributed by atoms with Gasteiger partial charge in [0.2, 0.25) is 0 Å². The second-order valence-electron chi connectivity index (χ2n) is 6.04. The molecule has 2 fully saturated rings. The van der Waals surface area contributed by atoms with Crippen LogP contribution in [0.15, 0.2) is 0 Å². The Morgan fingerprint density at radius 2 is 1.92 bits per heavy atom. The first kappa shape index (κ1) is 9.47. The van der Waals surface area contributed by atoms with Crippen LogP contribution in [0.25, 0.3) is 0 Å². The fourth-order valence-electron chi connectivity index (χ4n) is 2.66. The van der Waals surface area contributed by atoms with Gasteiger partial charge in [-0.3, -0.25) is 0 Å². The van der Waals surface area contributed by atoms with Gasteiger partial charge in [-0.1, -0.05) is 20.8 Å². The third kappa shape index (κ3) is 1.62. The minimum atomic E-state index is 0.317. The van der Waals surface area contributed by atoms with Crippen LogP contribution in [0.1, 0.15) is 27.2 Å². The first-order chi connectivity index (χ1) is 5.91. The van der Waals surface area contributed by atoms with Crippen molar-refractivity contribution in [3.8, 4) is 0 Å². The molecule has 0 radical (unpaired) electrons. The fourth-order valence-corrected chi connectivity index (χ4v) is 2.66. The van der Waals surface area contributed by atoms with Crippen LogP contribution in [0, 0.1) is 10.8 Å². The van der Waals surface area contributed by atoms with Gasteiger partial charge in [-0.2, -0.15) is 0 Å². The molecule has 0 amide bonds. The minimum absolute atomic E-state index is 0.317. The van der Waals surface area contributed by atoms with Crippen molar-refractivity contribution in [1.29, 1.82) is 0 Å². The normalized spacial score (nSPS) is 33.7. The number of rotatable bonds is 0. The lowest BCUT2D eigenvalue weighted by Gasteiger charge is -2.45. The van der Waals surface area contributed by atoms with E-state index in [1.54, 1.807) is 0 Å². The maximum atomic E-state index is 5.90. The third-order valence-electron chi connectivity index (χ3n) is 3.39. The highest BCUT2D eigenvalue weighted by atomic mass is 16.5. The molecule has 0 saturated carbocycles. The molecule has 0 aromatic heterocycles. The Labute approximate surface area is 81.3 Å². The van der Waals surface area contributed by atoms with Crippen molar-refractivity contribution >= 4 is 0 Å². The van der Waals surface area contributed by atoms with Gasteiger partial charge < -0.3 is 9.64 Å². The molecular formula is C11H21NO. The van der Waals surface area contributed by atoms with Gasteiger partial charge in [-0.15, -0.1) is 0 Å². The lowest BCUT2D eigenvalue weighted by atomic mass is 9.74. The summed E-state index contributed by atoms with van der Waals surface area (Å²) in [4.78, 5) is 2.38. The Kier molecular flexibility index (Phi) is 1.97. The number of likely N-dealkylation sites (tertiary alicyclic amines) is 1. The standard InChI is InChI=1S/C11H21NO/c1-10(2,3)9-5-11(8-13-9)6-12(4)7-11/h9H,5-8H2,1-4H3. The van der Waals surface area contributed by atoms with Gasteiger partial charge in [-0.25, -0.2) is 0 Å². The Bertz CT molecular complexity index is 201. The molecule has 0 bridgehead atoms. The summed E-state index contributed by atoms with van der Waals surface area (Å²) in [5.41, 5.74) is 0.838. The molecule has 2 nitrogen and oxygen atoms in total. The highest BCUT2D eigenvalue weighted by Crippen LogP contribution is 2.44. The molecule has 0 aliphatic carbocycles. The van der Waals surface area contributed by atoms with Crippen molar-refractivity contribution in [1.82, 2.24) is 4.90 Å². The Balaban J connectivity index is 1.95. The molecule has 1 unspecified atom stereocenters. The van der Waals surface area contributed by atoms with Crippen molar-refractivity contribution in [2.75, 3.05) is 26.7 Å². The summed E-state index contributed by atoms with van der Waals surface area (Å²) >= 11 is 0. The largest absolute Gasteiger partial charge is 0.377 e. The molecule has 0 N–H and O–H groups in total. The van der Waals surface area contributed by atoms with Gasteiger partial charge in [0.1, 0.15) is 0 Å². The molecule has 1 spiro atoms. The Morgan fingerprint density at radius 3 is 2.31 bits per heavy atom. The fraction of sp³-hybridized carbons (Fsp3) is 1.00. The molecule has 13 heavy (non-hydrogen) atoms. The van der Waals surface area contributed by atoms with Gasteiger partial charge in [0.15, 0.2) is 0 Å². The second-order valence-corrected chi connectivity index (χ2v) is 6.04. The molecule has 2 aliphatic heterocycles. The summed E-state index contributed by atoms with van der Waals surface area (Å²) in [5.74, 6) is 0. The van der Waals surface area contributed by atoms with E-state index in [1.807, 2.05) is 0 Å². The average molecular weight is 183 g/mol. The van der Waals surface area contributed by atoms with Crippen LogP contribution < -0.4 is 0 Å². The average Bonchev–Trinajstić information content (AvgIpc) is 2.29. The summed E-state index contributed by atoms with van der Waals surface area (Å²) in [6, 6.07) is 0. The van der Waals surface area contributed by atoms with Crippen molar-refractivity contribution in [2.45, 2.75) is 33.3 Å². The third-order valence-corrected chi connectivity index (χ3v) is 3.39. The van der Waals surface area contributed by atoms with Gasteiger partial charge in [0.25, 0.3) is 0 Å². The van der Waals surface area contributed by atoms with Gasteiger partial charge in [0, 0.05) is 18.5 Å². The lowest BCUT2D eigenvalue weighted by molar-refractivity contribution is -0.00210. The smallest absolute Gasteiger partial charge is 0.0630 e. The van der Waals surface area contributed by atoms with Crippen molar-refractivity contribution in [3.05, 3.63) is 0 Å². The molecule has 0 aromatic carbocycles. The molecule has 2 aliphatic rings. The SMILES string of the molecule is CN1CC2(COC(C(C)(C)C)C2)C1. The highest BCUT2D eigenvalue weighted by molar-refractivity contribution is 5.00. The number of hydrogen-bond acceptors (Lipinski definition) is 2. The maximum absolute atomic E-state index is 5.90.